The van der Waals surface area contributed by atoms with Crippen LogP contribution in [0.1, 0.15) is 15.9 Å². The summed E-state index contributed by atoms with van der Waals surface area (Å²) in [5.41, 5.74) is 3.51. The highest BCUT2D eigenvalue weighted by molar-refractivity contribution is 7.22. The summed E-state index contributed by atoms with van der Waals surface area (Å²) in [5.74, 6) is -0.0404. The minimum absolute atomic E-state index is 0.0404. The Bertz CT molecular complexity index is 1060. The van der Waals surface area contributed by atoms with E-state index in [1.54, 1.807) is 4.90 Å². The van der Waals surface area contributed by atoms with E-state index in [0.29, 0.717) is 22.3 Å². The molecule has 31 heavy (non-hydrogen) atoms. The topological polar surface area (TPSA) is 48.9 Å². The number of hydrogen-bond donors (Lipinski definition) is 0. The van der Waals surface area contributed by atoms with E-state index in [-0.39, 0.29) is 5.91 Å². The number of aryl methyl sites for hydroxylation is 1. The molecule has 164 valence electrons. The maximum Gasteiger partial charge on any atom is 0.260 e. The Morgan fingerprint density at radius 2 is 1.87 bits per heavy atom. The van der Waals surface area contributed by atoms with E-state index < -0.39 is 0 Å². The molecule has 1 amide bonds. The lowest BCUT2D eigenvalue weighted by Crippen LogP contribution is -2.43. The summed E-state index contributed by atoms with van der Waals surface area (Å²) in [5, 5.41) is 1.39. The Morgan fingerprint density at radius 1 is 1.16 bits per heavy atom. The highest BCUT2D eigenvalue weighted by atomic mass is 35.5. The molecule has 1 fully saturated rings. The number of aromatic nitrogens is 1. The number of hydrogen-bond acceptors (Lipinski definition) is 6. The number of thiazole rings is 1. The lowest BCUT2D eigenvalue weighted by molar-refractivity contribution is 0.0391. The van der Waals surface area contributed by atoms with Gasteiger partial charge in [-0.05, 0) is 48.9 Å². The largest absolute Gasteiger partial charge is 0.379 e. The highest BCUT2D eigenvalue weighted by Gasteiger charge is 2.23. The predicted molar refractivity (Wildman–Crippen MR) is 129 cm³/mol. The number of carbonyl (C=O) groups excluding carboxylic acids is 1. The Hall–Kier alpha value is -2.19. The maximum atomic E-state index is 13.5. The Kier molecular flexibility index (Phi) is 6.77. The number of fused-ring (bicyclic) bond motifs is 1. The second-order valence-electron chi connectivity index (χ2n) is 7.87. The molecule has 0 saturated carbocycles. The third kappa shape index (κ3) is 4.85. The van der Waals surface area contributed by atoms with Crippen molar-refractivity contribution in [3.63, 3.8) is 0 Å². The van der Waals surface area contributed by atoms with Crippen LogP contribution in [0.15, 0.2) is 36.4 Å². The van der Waals surface area contributed by atoms with Gasteiger partial charge in [-0.15, -0.1) is 0 Å². The lowest BCUT2D eigenvalue weighted by Gasteiger charge is -2.29. The van der Waals surface area contributed by atoms with Crippen LogP contribution in [0, 0.1) is 6.92 Å². The number of amides is 1. The molecule has 1 aliphatic rings. The average molecular weight is 459 g/mol. The number of anilines is 2. The minimum atomic E-state index is -0.0404. The maximum absolute atomic E-state index is 13.5. The zero-order valence-corrected chi connectivity index (χ0v) is 19.7. The number of carbonyl (C=O) groups is 1. The Morgan fingerprint density at radius 3 is 2.55 bits per heavy atom. The van der Waals surface area contributed by atoms with Gasteiger partial charge in [-0.25, -0.2) is 4.98 Å². The molecule has 1 aliphatic heterocycles. The van der Waals surface area contributed by atoms with Gasteiger partial charge in [-0.3, -0.25) is 14.6 Å². The van der Waals surface area contributed by atoms with Crippen molar-refractivity contribution in [3.05, 3.63) is 52.5 Å². The number of morpholine rings is 1. The van der Waals surface area contributed by atoms with Crippen molar-refractivity contribution < 1.29 is 9.53 Å². The van der Waals surface area contributed by atoms with Crippen molar-refractivity contribution in [2.75, 3.05) is 63.3 Å². The molecule has 4 rings (SSSR count). The van der Waals surface area contributed by atoms with Crippen LogP contribution in [0.4, 0.5) is 10.8 Å². The number of nitrogens with zero attached hydrogens (tertiary/aromatic N) is 4. The zero-order chi connectivity index (χ0) is 22.0. The molecule has 0 aliphatic carbocycles. The molecular weight excluding hydrogens is 432 g/mol. The molecule has 1 saturated heterocycles. The molecule has 0 N–H and O–H groups in total. The minimum Gasteiger partial charge on any atom is -0.379 e. The van der Waals surface area contributed by atoms with Crippen LogP contribution in [0.5, 0.6) is 0 Å². The normalized spacial score (nSPS) is 14.7. The van der Waals surface area contributed by atoms with Gasteiger partial charge in [0, 0.05) is 56.5 Å². The van der Waals surface area contributed by atoms with Crippen molar-refractivity contribution >= 4 is 49.9 Å². The number of ether oxygens (including phenoxy) is 1. The first-order chi connectivity index (χ1) is 14.9. The quantitative estimate of drug-likeness (QED) is 0.551. The fourth-order valence-electron chi connectivity index (χ4n) is 3.61. The molecule has 0 bridgehead atoms. The number of halogens is 1. The van der Waals surface area contributed by atoms with Gasteiger partial charge in [0.1, 0.15) is 0 Å². The van der Waals surface area contributed by atoms with Gasteiger partial charge in [0.25, 0.3) is 5.91 Å². The standard InChI is InChI=1S/C23H27ClN4O2S/c1-16-19(24)8-9-20-21(16)25-23(31-20)28(11-10-27-12-14-30-15-13-27)22(29)17-4-6-18(7-5-17)26(2)3/h4-9H,10-15H2,1-3H3. The number of benzene rings is 2. The lowest BCUT2D eigenvalue weighted by atomic mass is 10.1. The number of rotatable bonds is 6. The van der Waals surface area contributed by atoms with E-state index in [9.17, 15) is 4.79 Å². The summed E-state index contributed by atoms with van der Waals surface area (Å²) < 4.78 is 6.49. The average Bonchev–Trinajstić information content (AvgIpc) is 3.22. The molecule has 2 aromatic carbocycles. The zero-order valence-electron chi connectivity index (χ0n) is 18.1. The van der Waals surface area contributed by atoms with Crippen molar-refractivity contribution in [3.8, 4) is 0 Å². The van der Waals surface area contributed by atoms with E-state index in [1.165, 1.54) is 11.3 Å². The summed E-state index contributed by atoms with van der Waals surface area (Å²) >= 11 is 7.83. The first-order valence-electron chi connectivity index (χ1n) is 10.4. The first-order valence-corrected chi connectivity index (χ1v) is 11.6. The fraction of sp³-hybridized carbons (Fsp3) is 0.391. The third-order valence-electron chi connectivity index (χ3n) is 5.59. The summed E-state index contributed by atoms with van der Waals surface area (Å²) in [4.78, 5) is 24.5. The second kappa shape index (κ2) is 9.53. The van der Waals surface area contributed by atoms with Crippen molar-refractivity contribution in [2.24, 2.45) is 0 Å². The Labute approximate surface area is 192 Å². The summed E-state index contributed by atoms with van der Waals surface area (Å²) in [7, 11) is 3.97. The molecule has 6 nitrogen and oxygen atoms in total. The summed E-state index contributed by atoms with van der Waals surface area (Å²) in [6.45, 7) is 6.55. The van der Waals surface area contributed by atoms with Gasteiger partial charge in [0.15, 0.2) is 5.13 Å². The molecular formula is C23H27ClN4O2S. The molecule has 0 atom stereocenters. The summed E-state index contributed by atoms with van der Waals surface area (Å²) in [6.07, 6.45) is 0. The van der Waals surface area contributed by atoms with E-state index in [2.05, 4.69) is 4.90 Å². The van der Waals surface area contributed by atoms with Crippen molar-refractivity contribution in [1.29, 1.82) is 0 Å². The van der Waals surface area contributed by atoms with Crippen molar-refractivity contribution in [1.82, 2.24) is 9.88 Å². The van der Waals surface area contributed by atoms with E-state index in [1.807, 2.05) is 62.3 Å². The molecule has 0 spiro atoms. The van der Waals surface area contributed by atoms with Crippen LogP contribution < -0.4 is 9.80 Å². The third-order valence-corrected chi connectivity index (χ3v) is 7.04. The first kappa shape index (κ1) is 22.0. The van der Waals surface area contributed by atoms with Crippen LogP contribution in [0.2, 0.25) is 5.02 Å². The van der Waals surface area contributed by atoms with Gasteiger partial charge < -0.3 is 9.64 Å². The molecule has 8 heteroatoms. The van der Waals surface area contributed by atoms with Crippen LogP contribution in [0.3, 0.4) is 0 Å². The highest BCUT2D eigenvalue weighted by Crippen LogP contribution is 2.34. The molecule has 3 aromatic rings. The molecule has 0 radical (unpaired) electrons. The monoisotopic (exact) mass is 458 g/mol. The van der Waals surface area contributed by atoms with E-state index in [0.717, 1.165) is 54.3 Å². The van der Waals surface area contributed by atoms with Gasteiger partial charge in [-0.1, -0.05) is 22.9 Å². The van der Waals surface area contributed by atoms with Crippen molar-refractivity contribution in [2.45, 2.75) is 6.92 Å². The second-order valence-corrected chi connectivity index (χ2v) is 9.28. The van der Waals surface area contributed by atoms with Crippen LogP contribution in [-0.2, 0) is 4.74 Å². The van der Waals surface area contributed by atoms with Crippen LogP contribution >= 0.6 is 22.9 Å². The van der Waals surface area contributed by atoms with Crippen LogP contribution in [0.25, 0.3) is 10.2 Å². The predicted octanol–water partition coefficient (Wildman–Crippen LogP) is 4.30. The van der Waals surface area contributed by atoms with E-state index in [4.69, 9.17) is 21.3 Å². The van der Waals surface area contributed by atoms with Crippen LogP contribution in [-0.4, -0.2) is 69.3 Å². The smallest absolute Gasteiger partial charge is 0.260 e. The summed E-state index contributed by atoms with van der Waals surface area (Å²) in [6, 6.07) is 11.6. The van der Waals surface area contributed by atoms with Gasteiger partial charge >= 0.3 is 0 Å². The Balaban J connectivity index is 1.65. The fourth-order valence-corrected chi connectivity index (χ4v) is 4.81. The van der Waals surface area contributed by atoms with E-state index >= 15 is 0 Å². The van der Waals surface area contributed by atoms with Gasteiger partial charge in [0.05, 0.1) is 23.4 Å². The SMILES string of the molecule is Cc1c(Cl)ccc2sc(N(CCN3CCOCC3)C(=O)c3ccc(N(C)C)cc3)nc12. The van der Waals surface area contributed by atoms with Gasteiger partial charge in [0.2, 0.25) is 0 Å². The van der Waals surface area contributed by atoms with Gasteiger partial charge in [-0.2, -0.15) is 0 Å². The molecule has 0 unspecified atom stereocenters. The molecule has 2 heterocycles. The molecule has 1 aromatic heterocycles.